The van der Waals surface area contributed by atoms with Crippen LogP contribution in [0.15, 0.2) is 18.2 Å². The van der Waals surface area contributed by atoms with Crippen LogP contribution in [0.1, 0.15) is 25.7 Å². The van der Waals surface area contributed by atoms with Gasteiger partial charge in [0.15, 0.2) is 0 Å². The number of anilines is 1. The lowest BCUT2D eigenvalue weighted by atomic mass is 10.2. The van der Waals surface area contributed by atoms with E-state index in [-0.39, 0.29) is 11.4 Å². The maximum Gasteiger partial charge on any atom is 0.301 e. The van der Waals surface area contributed by atoms with E-state index in [2.05, 4.69) is 4.72 Å². The van der Waals surface area contributed by atoms with Crippen molar-refractivity contribution in [1.29, 1.82) is 0 Å². The van der Waals surface area contributed by atoms with Crippen LogP contribution in [0.5, 0.6) is 5.75 Å². The van der Waals surface area contributed by atoms with E-state index in [1.165, 1.54) is 22.5 Å². The molecule has 5 nitrogen and oxygen atoms in total. The Hall–Kier alpha value is -0.980. The molecule has 0 saturated carbocycles. The highest BCUT2D eigenvalue weighted by molar-refractivity contribution is 7.90. The molecule has 0 unspecified atom stereocenters. The molecule has 1 aromatic rings. The van der Waals surface area contributed by atoms with Gasteiger partial charge in [0.25, 0.3) is 0 Å². The van der Waals surface area contributed by atoms with Gasteiger partial charge in [-0.2, -0.15) is 12.7 Å². The molecule has 0 aromatic heterocycles. The minimum absolute atomic E-state index is 0.108. The Morgan fingerprint density at radius 2 is 1.79 bits per heavy atom. The Kier molecular flexibility index (Phi) is 4.54. The summed E-state index contributed by atoms with van der Waals surface area (Å²) in [5.41, 5.74) is 0.108. The van der Waals surface area contributed by atoms with Crippen molar-refractivity contribution in [3.63, 3.8) is 0 Å². The molecule has 19 heavy (non-hydrogen) atoms. The van der Waals surface area contributed by atoms with Crippen LogP contribution in [0.4, 0.5) is 5.69 Å². The van der Waals surface area contributed by atoms with Crippen molar-refractivity contribution in [2.24, 2.45) is 0 Å². The highest BCUT2D eigenvalue weighted by atomic mass is 35.5. The number of benzene rings is 1. The fraction of sp³-hybridized carbons (Fsp3) is 0.500. The molecular weight excluding hydrogens is 288 g/mol. The Bertz CT molecular complexity index is 540. The molecule has 1 aromatic carbocycles. The summed E-state index contributed by atoms with van der Waals surface area (Å²) in [5, 5.41) is 10.0. The molecule has 0 spiro atoms. The van der Waals surface area contributed by atoms with Crippen LogP contribution < -0.4 is 4.72 Å². The van der Waals surface area contributed by atoms with Gasteiger partial charge in [-0.25, -0.2) is 0 Å². The molecule has 1 fully saturated rings. The van der Waals surface area contributed by atoms with Gasteiger partial charge in [0.05, 0.1) is 5.69 Å². The maximum absolute atomic E-state index is 12.2. The smallest absolute Gasteiger partial charge is 0.301 e. The van der Waals surface area contributed by atoms with Gasteiger partial charge < -0.3 is 5.11 Å². The first kappa shape index (κ1) is 14.4. The number of hydrogen-bond acceptors (Lipinski definition) is 3. The van der Waals surface area contributed by atoms with Crippen LogP contribution in [0.2, 0.25) is 5.02 Å². The summed E-state index contributed by atoms with van der Waals surface area (Å²) in [6.07, 6.45) is 3.83. The molecule has 106 valence electrons. The van der Waals surface area contributed by atoms with Gasteiger partial charge in [-0.3, -0.25) is 4.72 Å². The van der Waals surface area contributed by atoms with Crippen LogP contribution in [0, 0.1) is 0 Å². The fourth-order valence-electron chi connectivity index (χ4n) is 2.08. The van der Waals surface area contributed by atoms with Crippen LogP contribution >= 0.6 is 11.6 Å². The fourth-order valence-corrected chi connectivity index (χ4v) is 3.56. The number of nitrogens with one attached hydrogen (secondary N) is 1. The number of hydrogen-bond donors (Lipinski definition) is 2. The number of phenolic OH excluding ortho intramolecular Hbond substituents is 1. The van der Waals surface area contributed by atoms with E-state index in [1.807, 2.05) is 0 Å². The third-order valence-electron chi connectivity index (χ3n) is 3.10. The van der Waals surface area contributed by atoms with Crippen molar-refractivity contribution in [2.45, 2.75) is 25.7 Å². The molecule has 0 bridgehead atoms. The summed E-state index contributed by atoms with van der Waals surface area (Å²) in [5.74, 6) is -0.136. The predicted molar refractivity (Wildman–Crippen MR) is 75.7 cm³/mol. The zero-order valence-corrected chi connectivity index (χ0v) is 12.0. The average molecular weight is 305 g/mol. The average Bonchev–Trinajstić information content (AvgIpc) is 2.63. The Labute approximate surface area is 118 Å². The predicted octanol–water partition coefficient (Wildman–Crippen LogP) is 2.58. The molecular formula is C12H17ClN2O3S. The topological polar surface area (TPSA) is 69.6 Å². The highest BCUT2D eigenvalue weighted by Crippen LogP contribution is 2.28. The van der Waals surface area contributed by atoms with E-state index in [9.17, 15) is 13.5 Å². The van der Waals surface area contributed by atoms with E-state index in [4.69, 9.17) is 11.6 Å². The van der Waals surface area contributed by atoms with Crippen LogP contribution in [-0.4, -0.2) is 30.9 Å². The molecule has 0 atom stereocenters. The third-order valence-corrected chi connectivity index (χ3v) is 4.86. The van der Waals surface area contributed by atoms with Crippen LogP contribution in [0.3, 0.4) is 0 Å². The van der Waals surface area contributed by atoms with Crippen molar-refractivity contribution < 1.29 is 13.5 Å². The van der Waals surface area contributed by atoms with Crippen LogP contribution in [0.25, 0.3) is 0 Å². The van der Waals surface area contributed by atoms with Gasteiger partial charge in [0.2, 0.25) is 0 Å². The monoisotopic (exact) mass is 304 g/mol. The van der Waals surface area contributed by atoms with Crippen molar-refractivity contribution >= 4 is 27.5 Å². The lowest BCUT2D eigenvalue weighted by Gasteiger charge is -2.21. The third kappa shape index (κ3) is 3.75. The quantitative estimate of drug-likeness (QED) is 0.843. The van der Waals surface area contributed by atoms with Crippen LogP contribution in [-0.2, 0) is 10.2 Å². The molecule has 0 radical (unpaired) electrons. The van der Waals surface area contributed by atoms with E-state index in [0.717, 1.165) is 25.7 Å². The molecule has 0 amide bonds. The maximum atomic E-state index is 12.2. The van der Waals surface area contributed by atoms with Gasteiger partial charge in [0, 0.05) is 18.1 Å². The normalized spacial score (nSPS) is 17.9. The van der Waals surface area contributed by atoms with Gasteiger partial charge >= 0.3 is 10.2 Å². The Morgan fingerprint density at radius 3 is 2.42 bits per heavy atom. The summed E-state index contributed by atoms with van der Waals surface area (Å²) < 4.78 is 28.3. The lowest BCUT2D eigenvalue weighted by Crippen LogP contribution is -2.36. The van der Waals surface area contributed by atoms with E-state index < -0.39 is 10.2 Å². The summed E-state index contributed by atoms with van der Waals surface area (Å²) in [4.78, 5) is 0. The second-order valence-electron chi connectivity index (χ2n) is 4.58. The Morgan fingerprint density at radius 1 is 1.16 bits per heavy atom. The number of phenols is 1. The first-order valence-corrected chi connectivity index (χ1v) is 8.07. The second-order valence-corrected chi connectivity index (χ2v) is 6.69. The largest absolute Gasteiger partial charge is 0.506 e. The first-order chi connectivity index (χ1) is 8.99. The molecule has 2 rings (SSSR count). The van der Waals surface area contributed by atoms with Gasteiger partial charge in [-0.05, 0) is 31.0 Å². The second kappa shape index (κ2) is 5.98. The van der Waals surface area contributed by atoms with E-state index >= 15 is 0 Å². The van der Waals surface area contributed by atoms with Gasteiger partial charge in [-0.1, -0.05) is 24.4 Å². The Balaban J connectivity index is 2.18. The number of aromatic hydroxyl groups is 1. The van der Waals surface area contributed by atoms with Crippen molar-refractivity contribution in [3.8, 4) is 5.75 Å². The molecule has 7 heteroatoms. The van der Waals surface area contributed by atoms with E-state index in [1.54, 1.807) is 0 Å². The zero-order chi connectivity index (χ0) is 13.9. The standard InChI is InChI=1S/C12H17ClN2O3S/c13-10-5-6-12(16)11(9-10)14-19(17,18)15-7-3-1-2-4-8-15/h5-6,9,14,16H,1-4,7-8H2. The first-order valence-electron chi connectivity index (χ1n) is 6.25. The minimum atomic E-state index is -3.63. The summed E-state index contributed by atoms with van der Waals surface area (Å²) in [6, 6.07) is 4.26. The van der Waals surface area contributed by atoms with Crippen molar-refractivity contribution in [2.75, 3.05) is 17.8 Å². The number of nitrogens with zero attached hydrogens (tertiary/aromatic N) is 1. The summed E-state index contributed by atoms with van der Waals surface area (Å²) in [7, 11) is -3.63. The number of halogens is 1. The van der Waals surface area contributed by atoms with E-state index in [0.29, 0.717) is 18.1 Å². The molecule has 0 aliphatic carbocycles. The molecule has 1 aliphatic rings. The highest BCUT2D eigenvalue weighted by Gasteiger charge is 2.23. The number of rotatable bonds is 3. The zero-order valence-electron chi connectivity index (χ0n) is 10.5. The molecule has 2 N–H and O–H groups in total. The summed E-state index contributed by atoms with van der Waals surface area (Å²) >= 11 is 5.80. The van der Waals surface area contributed by atoms with Gasteiger partial charge in [0.1, 0.15) is 5.75 Å². The minimum Gasteiger partial charge on any atom is -0.506 e. The molecule has 1 saturated heterocycles. The van der Waals surface area contributed by atoms with Crippen molar-refractivity contribution in [3.05, 3.63) is 23.2 Å². The molecule has 1 aliphatic heterocycles. The lowest BCUT2D eigenvalue weighted by molar-refractivity contribution is 0.427. The SMILES string of the molecule is O=S(=O)(Nc1cc(Cl)ccc1O)N1CCCCCC1. The molecule has 1 heterocycles. The van der Waals surface area contributed by atoms with Gasteiger partial charge in [-0.15, -0.1) is 0 Å². The van der Waals surface area contributed by atoms with Crippen molar-refractivity contribution in [1.82, 2.24) is 4.31 Å². The summed E-state index contributed by atoms with van der Waals surface area (Å²) in [6.45, 7) is 1.02.